The summed E-state index contributed by atoms with van der Waals surface area (Å²) in [6, 6.07) is 7.72. The smallest absolute Gasteiger partial charge is 0.335 e. The third-order valence-electron chi connectivity index (χ3n) is 5.13. The number of ether oxygens (including phenoxy) is 2. The van der Waals surface area contributed by atoms with E-state index in [0.29, 0.717) is 5.56 Å². The summed E-state index contributed by atoms with van der Waals surface area (Å²) in [5.74, 6) is -3.98. The lowest BCUT2D eigenvalue weighted by molar-refractivity contribution is -0.271. The van der Waals surface area contributed by atoms with Crippen molar-refractivity contribution in [3.05, 3.63) is 46.6 Å². The number of aliphatic hydroxyl groups excluding tert-OH is 3. The Labute approximate surface area is 183 Å². The Morgan fingerprint density at radius 1 is 0.939 bits per heavy atom. The molecule has 0 saturated carbocycles. The zero-order valence-corrected chi connectivity index (χ0v) is 16.5. The van der Waals surface area contributed by atoms with E-state index in [2.05, 4.69) is 0 Å². The van der Waals surface area contributed by atoms with Crippen LogP contribution in [0.15, 0.2) is 45.6 Å². The molecule has 33 heavy (non-hydrogen) atoms. The molecule has 0 bridgehead atoms. The van der Waals surface area contributed by atoms with Gasteiger partial charge in [-0.1, -0.05) is 0 Å². The number of carbonyl (C=O) groups is 1. The van der Waals surface area contributed by atoms with Gasteiger partial charge < -0.3 is 49.6 Å². The van der Waals surface area contributed by atoms with Gasteiger partial charge in [-0.2, -0.15) is 0 Å². The van der Waals surface area contributed by atoms with E-state index >= 15 is 0 Å². The van der Waals surface area contributed by atoms with Crippen molar-refractivity contribution in [2.24, 2.45) is 0 Å². The molecule has 3 aromatic rings. The van der Waals surface area contributed by atoms with Crippen molar-refractivity contribution in [1.82, 2.24) is 0 Å². The van der Waals surface area contributed by atoms with Crippen LogP contribution in [0.25, 0.3) is 22.3 Å². The SMILES string of the molecule is O=C(O)[C@@H]1O[C@@H](Oc2c(O)cc3oc(-c4ccc(O)cc4)cc(=O)c3c2O)[C@@H](O)[C@H](O)[C@H]1O. The van der Waals surface area contributed by atoms with E-state index < -0.39 is 64.7 Å². The second-order valence-corrected chi connectivity index (χ2v) is 7.32. The van der Waals surface area contributed by atoms with Crippen LogP contribution in [0.1, 0.15) is 0 Å². The molecule has 2 heterocycles. The highest BCUT2D eigenvalue weighted by atomic mass is 16.7. The lowest BCUT2D eigenvalue weighted by Crippen LogP contribution is -2.61. The molecule has 0 aliphatic carbocycles. The number of aliphatic carboxylic acids is 1. The van der Waals surface area contributed by atoms with E-state index in [1.807, 2.05) is 0 Å². The molecule has 0 amide bonds. The van der Waals surface area contributed by atoms with Gasteiger partial charge in [0.05, 0.1) is 0 Å². The van der Waals surface area contributed by atoms with Crippen molar-refractivity contribution in [2.75, 3.05) is 0 Å². The molecule has 1 fully saturated rings. The summed E-state index contributed by atoms with van der Waals surface area (Å²) in [6.45, 7) is 0. The third-order valence-corrected chi connectivity index (χ3v) is 5.13. The van der Waals surface area contributed by atoms with Crippen LogP contribution in [0.4, 0.5) is 0 Å². The number of phenols is 3. The van der Waals surface area contributed by atoms with E-state index in [1.54, 1.807) is 0 Å². The van der Waals surface area contributed by atoms with Crippen molar-refractivity contribution >= 4 is 16.9 Å². The maximum Gasteiger partial charge on any atom is 0.335 e. The normalized spacial score (nSPS) is 25.1. The van der Waals surface area contributed by atoms with Gasteiger partial charge in [0.15, 0.2) is 23.0 Å². The van der Waals surface area contributed by atoms with E-state index in [1.165, 1.54) is 24.3 Å². The molecular formula is C21H18O12. The summed E-state index contributed by atoms with van der Waals surface area (Å²) in [4.78, 5) is 23.9. The van der Waals surface area contributed by atoms with Crippen LogP contribution < -0.4 is 10.2 Å². The molecule has 0 radical (unpaired) electrons. The van der Waals surface area contributed by atoms with Gasteiger partial charge in [-0.25, -0.2) is 4.79 Å². The number of benzene rings is 2. The fraction of sp³-hybridized carbons (Fsp3) is 0.238. The van der Waals surface area contributed by atoms with Crippen LogP contribution in [0.2, 0.25) is 0 Å². The topological polar surface area (TPSA) is 207 Å². The molecule has 1 saturated heterocycles. The molecule has 12 nitrogen and oxygen atoms in total. The molecule has 4 rings (SSSR count). The molecule has 1 aliphatic heterocycles. The summed E-state index contributed by atoms with van der Waals surface area (Å²) in [5, 5.41) is 68.8. The summed E-state index contributed by atoms with van der Waals surface area (Å²) in [6.07, 6.45) is -9.81. The summed E-state index contributed by atoms with van der Waals surface area (Å²) >= 11 is 0. The van der Waals surface area contributed by atoms with Gasteiger partial charge in [0.2, 0.25) is 12.0 Å². The van der Waals surface area contributed by atoms with E-state index in [4.69, 9.17) is 19.0 Å². The highest BCUT2D eigenvalue weighted by Crippen LogP contribution is 2.43. The van der Waals surface area contributed by atoms with Gasteiger partial charge in [0.1, 0.15) is 40.8 Å². The van der Waals surface area contributed by atoms with Crippen LogP contribution in [0, 0.1) is 0 Å². The number of aliphatic hydroxyl groups is 3. The number of carboxylic acid groups (broad SMARTS) is 1. The van der Waals surface area contributed by atoms with Gasteiger partial charge >= 0.3 is 5.97 Å². The maximum atomic E-state index is 12.7. The summed E-state index contributed by atoms with van der Waals surface area (Å²) < 4.78 is 15.8. The van der Waals surface area contributed by atoms with E-state index in [-0.39, 0.29) is 17.1 Å². The van der Waals surface area contributed by atoms with Crippen molar-refractivity contribution in [1.29, 1.82) is 0 Å². The Hall–Kier alpha value is -3.84. The minimum Gasteiger partial charge on any atom is -0.508 e. The molecular weight excluding hydrogens is 444 g/mol. The molecule has 5 atom stereocenters. The van der Waals surface area contributed by atoms with Gasteiger partial charge in [-0.3, -0.25) is 4.79 Å². The minimum atomic E-state index is -1.98. The maximum absolute atomic E-state index is 12.7. The average molecular weight is 462 g/mol. The summed E-state index contributed by atoms with van der Waals surface area (Å²) in [7, 11) is 0. The highest BCUT2D eigenvalue weighted by molar-refractivity contribution is 5.89. The van der Waals surface area contributed by atoms with Crippen molar-refractivity contribution < 1.29 is 54.4 Å². The number of phenolic OH excluding ortho intramolecular Hbond substituents is 3. The zero-order chi connectivity index (χ0) is 24.0. The molecule has 0 spiro atoms. The van der Waals surface area contributed by atoms with Crippen molar-refractivity contribution in [2.45, 2.75) is 30.7 Å². The van der Waals surface area contributed by atoms with Crippen LogP contribution in [-0.2, 0) is 9.53 Å². The summed E-state index contributed by atoms with van der Waals surface area (Å²) in [5.41, 5.74) is -0.528. The highest BCUT2D eigenvalue weighted by Gasteiger charge is 2.48. The predicted octanol–water partition coefficient (Wildman–Crippen LogP) is -0.152. The molecule has 0 unspecified atom stereocenters. The lowest BCUT2D eigenvalue weighted by Gasteiger charge is -2.38. The molecule has 1 aliphatic rings. The van der Waals surface area contributed by atoms with Gasteiger partial charge in [-0.15, -0.1) is 0 Å². The van der Waals surface area contributed by atoms with Gasteiger partial charge in [-0.05, 0) is 24.3 Å². The van der Waals surface area contributed by atoms with Crippen LogP contribution in [0.5, 0.6) is 23.0 Å². The standard InChI is InChI=1S/C21H18O12/c22-8-3-1-7(2-4-8)11-5-9(23)13-12(31-11)6-10(24)18(14(13)25)32-21-17(28)15(26)16(27)19(33-21)20(29)30/h1-6,15-17,19,21-22,24-28H,(H,29,30)/t15-,16-,17+,19-,21-/m1/s1. The Morgan fingerprint density at radius 2 is 1.61 bits per heavy atom. The zero-order valence-electron chi connectivity index (χ0n) is 16.5. The van der Waals surface area contributed by atoms with E-state index in [0.717, 1.165) is 12.1 Å². The first-order valence-corrected chi connectivity index (χ1v) is 9.49. The number of hydrogen-bond acceptors (Lipinski definition) is 11. The largest absolute Gasteiger partial charge is 0.508 e. The number of hydrogen-bond donors (Lipinski definition) is 7. The third kappa shape index (κ3) is 3.91. The average Bonchev–Trinajstić information content (AvgIpc) is 2.76. The monoisotopic (exact) mass is 462 g/mol. The number of aromatic hydroxyl groups is 3. The number of rotatable bonds is 4. The molecule has 174 valence electrons. The first-order valence-electron chi connectivity index (χ1n) is 9.49. The van der Waals surface area contributed by atoms with E-state index in [9.17, 15) is 40.2 Å². The first kappa shape index (κ1) is 22.4. The fourth-order valence-electron chi connectivity index (χ4n) is 3.42. The Kier molecular flexibility index (Phi) is 5.59. The quantitative estimate of drug-likeness (QED) is 0.270. The second-order valence-electron chi connectivity index (χ2n) is 7.32. The van der Waals surface area contributed by atoms with Crippen molar-refractivity contribution in [3.8, 4) is 34.3 Å². The van der Waals surface area contributed by atoms with Gasteiger partial charge in [0.25, 0.3) is 0 Å². The Balaban J connectivity index is 1.74. The first-order chi connectivity index (χ1) is 15.6. The van der Waals surface area contributed by atoms with Crippen LogP contribution in [0.3, 0.4) is 0 Å². The van der Waals surface area contributed by atoms with Crippen LogP contribution >= 0.6 is 0 Å². The molecule has 12 heteroatoms. The number of fused-ring (bicyclic) bond motifs is 1. The second kappa shape index (κ2) is 8.26. The molecule has 1 aromatic heterocycles. The number of carboxylic acids is 1. The lowest BCUT2D eigenvalue weighted by atomic mass is 9.99. The minimum absolute atomic E-state index is 0.00569. The molecule has 7 N–H and O–H groups in total. The Morgan fingerprint density at radius 3 is 2.24 bits per heavy atom. The Bertz CT molecular complexity index is 1260. The fourth-order valence-corrected chi connectivity index (χ4v) is 3.42. The van der Waals surface area contributed by atoms with Gasteiger partial charge in [0, 0.05) is 17.7 Å². The predicted molar refractivity (Wildman–Crippen MR) is 108 cm³/mol. The molecule has 2 aromatic carbocycles. The van der Waals surface area contributed by atoms with Crippen molar-refractivity contribution in [3.63, 3.8) is 0 Å². The van der Waals surface area contributed by atoms with Crippen LogP contribution in [-0.4, -0.2) is 72.4 Å².